The number of aromatic nitrogens is 3. The van der Waals surface area contributed by atoms with E-state index in [0.717, 1.165) is 27.2 Å². The Labute approximate surface area is 269 Å². The number of benzene rings is 2. The lowest BCUT2D eigenvalue weighted by Crippen LogP contribution is -1.82. The van der Waals surface area contributed by atoms with Crippen LogP contribution in [0, 0.1) is 0 Å². The van der Waals surface area contributed by atoms with E-state index in [4.69, 9.17) is 4.42 Å². The van der Waals surface area contributed by atoms with E-state index in [0.29, 0.717) is 17.8 Å². The van der Waals surface area contributed by atoms with Gasteiger partial charge in [0.15, 0.2) is 0 Å². The van der Waals surface area contributed by atoms with E-state index in [1.807, 2.05) is 84.1 Å². The SMILES string of the molecule is C.CC.CC.CC.CC(C)c1cc2ccccc2o1.CC(C)c1nc2ccccc2s1.CC(C)c1nc2cccnc2s1. The number of pyridine rings is 1. The van der Waals surface area contributed by atoms with E-state index in [1.54, 1.807) is 22.7 Å². The Bertz CT molecular complexity index is 1260. The smallest absolute Gasteiger partial charge is 0.143 e. The fourth-order valence-corrected chi connectivity index (χ4v) is 5.34. The first-order valence-electron chi connectivity index (χ1n) is 15.4. The van der Waals surface area contributed by atoms with Crippen molar-refractivity contribution in [1.82, 2.24) is 15.0 Å². The van der Waals surface area contributed by atoms with Crippen LogP contribution in [0.15, 0.2) is 77.3 Å². The van der Waals surface area contributed by atoms with Crippen LogP contribution >= 0.6 is 22.7 Å². The molecule has 0 unspecified atom stereocenters. The average Bonchev–Trinajstić information content (AvgIpc) is 3.77. The van der Waals surface area contributed by atoms with Crippen molar-refractivity contribution in [2.75, 3.05) is 0 Å². The van der Waals surface area contributed by atoms with Gasteiger partial charge in [-0.2, -0.15) is 0 Å². The fraction of sp³-hybridized carbons (Fsp3) is 0.432. The molecule has 0 aliphatic carbocycles. The minimum Gasteiger partial charge on any atom is -0.461 e. The molecule has 0 aliphatic heterocycles. The predicted octanol–water partition coefficient (Wildman–Crippen LogP) is 13.5. The molecule has 6 rings (SSSR count). The van der Waals surface area contributed by atoms with Gasteiger partial charge in [0, 0.05) is 29.3 Å². The number of fused-ring (bicyclic) bond motifs is 3. The van der Waals surface area contributed by atoms with E-state index < -0.39 is 0 Å². The van der Waals surface area contributed by atoms with Crippen LogP contribution in [0.1, 0.15) is 124 Å². The van der Waals surface area contributed by atoms with Crippen LogP contribution in [0.2, 0.25) is 0 Å². The van der Waals surface area contributed by atoms with Crippen LogP contribution in [-0.2, 0) is 0 Å². The van der Waals surface area contributed by atoms with Crippen molar-refractivity contribution >= 4 is 54.2 Å². The van der Waals surface area contributed by atoms with Gasteiger partial charge in [-0.1, -0.05) is 132 Å². The van der Waals surface area contributed by atoms with Crippen molar-refractivity contribution in [2.24, 2.45) is 0 Å². The van der Waals surface area contributed by atoms with Gasteiger partial charge < -0.3 is 4.42 Å². The summed E-state index contributed by atoms with van der Waals surface area (Å²) < 4.78 is 6.92. The maximum atomic E-state index is 5.63. The topological polar surface area (TPSA) is 51.8 Å². The molecule has 0 fully saturated rings. The van der Waals surface area contributed by atoms with Crippen LogP contribution in [0.5, 0.6) is 0 Å². The summed E-state index contributed by atoms with van der Waals surface area (Å²) >= 11 is 3.48. The van der Waals surface area contributed by atoms with Crippen LogP contribution in [0.3, 0.4) is 0 Å². The second kappa shape index (κ2) is 21.6. The lowest BCUT2D eigenvalue weighted by Gasteiger charge is -1.95. The van der Waals surface area contributed by atoms with Crippen molar-refractivity contribution < 1.29 is 4.42 Å². The third kappa shape index (κ3) is 12.2. The van der Waals surface area contributed by atoms with Crippen molar-refractivity contribution in [2.45, 2.75) is 108 Å². The summed E-state index contributed by atoms with van der Waals surface area (Å²) in [5.41, 5.74) is 3.14. The summed E-state index contributed by atoms with van der Waals surface area (Å²) in [6, 6.07) is 22.4. The van der Waals surface area contributed by atoms with Gasteiger partial charge in [-0.05, 0) is 36.4 Å². The number of thiazole rings is 2. The Balaban J connectivity index is 0.000000559. The van der Waals surface area contributed by atoms with Crippen molar-refractivity contribution in [3.05, 3.63) is 88.7 Å². The molecule has 0 radical (unpaired) electrons. The highest BCUT2D eigenvalue weighted by atomic mass is 32.1. The lowest BCUT2D eigenvalue weighted by atomic mass is 10.1. The van der Waals surface area contributed by atoms with Gasteiger partial charge in [0.05, 0.1) is 20.2 Å². The Hall–Kier alpha value is -3.09. The van der Waals surface area contributed by atoms with Gasteiger partial charge in [0.1, 0.15) is 21.7 Å². The van der Waals surface area contributed by atoms with Gasteiger partial charge in [0.2, 0.25) is 0 Å². The quantitative estimate of drug-likeness (QED) is 0.197. The zero-order valence-electron chi connectivity index (χ0n) is 27.7. The maximum Gasteiger partial charge on any atom is 0.143 e. The maximum absolute atomic E-state index is 5.63. The van der Waals surface area contributed by atoms with Crippen molar-refractivity contribution in [3.63, 3.8) is 0 Å². The van der Waals surface area contributed by atoms with E-state index in [2.05, 4.69) is 86.8 Å². The molecule has 236 valence electrons. The van der Waals surface area contributed by atoms with Crippen molar-refractivity contribution in [1.29, 1.82) is 0 Å². The highest BCUT2D eigenvalue weighted by Gasteiger charge is 2.07. The summed E-state index contributed by atoms with van der Waals surface area (Å²) in [6.45, 7) is 24.9. The number of furan rings is 1. The second-order valence-corrected chi connectivity index (χ2v) is 11.6. The van der Waals surface area contributed by atoms with E-state index in [9.17, 15) is 0 Å². The largest absolute Gasteiger partial charge is 0.461 e. The van der Waals surface area contributed by atoms with Gasteiger partial charge in [-0.15, -0.1) is 11.3 Å². The lowest BCUT2D eigenvalue weighted by molar-refractivity contribution is 0.522. The zero-order chi connectivity index (χ0) is 31.7. The molecule has 6 aromatic rings. The molecule has 0 saturated carbocycles. The standard InChI is InChI=1S/C11H12O.C10H11NS.C9H10N2S.3C2H6.CH4/c1-8(2)11-7-9-5-3-4-6-10(9)12-11;1-7(2)10-11-8-5-3-4-6-9(8)12-10;1-6(2)8-11-7-4-3-5-10-9(7)12-8;3*1-2;/h3-8H,1-2H3;3-7H,1-2H3;3-6H,1-2H3;3*1-2H3;1H4. The third-order valence-electron chi connectivity index (χ3n) is 5.49. The molecule has 0 bridgehead atoms. The summed E-state index contributed by atoms with van der Waals surface area (Å²) in [5, 5.41) is 3.60. The van der Waals surface area contributed by atoms with Crippen LogP contribution in [-0.4, -0.2) is 15.0 Å². The first-order valence-corrected chi connectivity index (χ1v) is 17.0. The molecule has 0 aliphatic rings. The molecule has 0 N–H and O–H groups in total. The Morgan fingerprint density at radius 2 is 1.14 bits per heavy atom. The molecule has 4 heterocycles. The summed E-state index contributed by atoms with van der Waals surface area (Å²) in [5.74, 6) is 2.58. The molecular weight excluding hydrogens is 567 g/mol. The zero-order valence-corrected chi connectivity index (χ0v) is 29.4. The van der Waals surface area contributed by atoms with Crippen LogP contribution in [0.4, 0.5) is 0 Å². The predicted molar refractivity (Wildman–Crippen MR) is 196 cm³/mol. The first-order chi connectivity index (χ1) is 20.3. The molecular formula is C37H55N3OS2. The number of hydrogen-bond acceptors (Lipinski definition) is 6. The molecule has 0 saturated heterocycles. The highest BCUT2D eigenvalue weighted by Crippen LogP contribution is 2.27. The Kier molecular flexibility index (Phi) is 20.0. The Morgan fingerprint density at radius 3 is 1.70 bits per heavy atom. The first kappa shape index (κ1) is 39.9. The van der Waals surface area contributed by atoms with Gasteiger partial charge in [0.25, 0.3) is 0 Å². The van der Waals surface area contributed by atoms with Crippen LogP contribution in [0.25, 0.3) is 31.5 Å². The third-order valence-corrected chi connectivity index (χ3v) is 8.11. The second-order valence-electron chi connectivity index (χ2n) is 9.55. The number of hydrogen-bond donors (Lipinski definition) is 0. The minimum atomic E-state index is 0. The molecule has 0 spiro atoms. The number of para-hydroxylation sites is 2. The molecule has 6 heteroatoms. The minimum absolute atomic E-state index is 0. The molecule has 2 aromatic carbocycles. The summed E-state index contributed by atoms with van der Waals surface area (Å²) in [4.78, 5) is 14.3. The summed E-state index contributed by atoms with van der Waals surface area (Å²) in [6.07, 6.45) is 1.81. The molecule has 0 atom stereocenters. The van der Waals surface area contributed by atoms with Gasteiger partial charge in [-0.25, -0.2) is 15.0 Å². The van der Waals surface area contributed by atoms with Crippen LogP contribution < -0.4 is 0 Å². The molecule has 4 aromatic heterocycles. The number of rotatable bonds is 3. The molecule has 43 heavy (non-hydrogen) atoms. The normalized spacial score (nSPS) is 9.84. The monoisotopic (exact) mass is 621 g/mol. The van der Waals surface area contributed by atoms with Crippen molar-refractivity contribution in [3.8, 4) is 0 Å². The number of nitrogens with zero attached hydrogens (tertiary/aromatic N) is 3. The molecule has 0 amide bonds. The summed E-state index contributed by atoms with van der Waals surface area (Å²) in [7, 11) is 0. The van der Waals surface area contributed by atoms with E-state index in [1.165, 1.54) is 20.1 Å². The van der Waals surface area contributed by atoms with Gasteiger partial charge >= 0.3 is 0 Å². The highest BCUT2D eigenvalue weighted by molar-refractivity contribution is 7.18. The van der Waals surface area contributed by atoms with E-state index >= 15 is 0 Å². The molecule has 4 nitrogen and oxygen atoms in total. The van der Waals surface area contributed by atoms with Gasteiger partial charge in [-0.3, -0.25) is 0 Å². The van der Waals surface area contributed by atoms with E-state index in [-0.39, 0.29) is 7.43 Å². The Morgan fingerprint density at radius 1 is 0.605 bits per heavy atom. The average molecular weight is 622 g/mol. The fourth-order valence-electron chi connectivity index (χ4n) is 3.46.